The summed E-state index contributed by atoms with van der Waals surface area (Å²) >= 11 is 0. The molecule has 9 heteroatoms. The number of fused-ring (bicyclic) bond motifs is 2. The van der Waals surface area contributed by atoms with E-state index in [9.17, 15) is 27.9 Å². The van der Waals surface area contributed by atoms with Gasteiger partial charge < -0.3 is 19.6 Å². The van der Waals surface area contributed by atoms with E-state index < -0.39 is 34.5 Å². The second-order valence-electron chi connectivity index (χ2n) is 10.1. The summed E-state index contributed by atoms with van der Waals surface area (Å²) in [7, 11) is 0. The van der Waals surface area contributed by atoms with Crippen molar-refractivity contribution in [1.29, 1.82) is 0 Å². The zero-order chi connectivity index (χ0) is 27.2. The van der Waals surface area contributed by atoms with E-state index in [0.29, 0.717) is 42.9 Å². The summed E-state index contributed by atoms with van der Waals surface area (Å²) in [6, 6.07) is 11.8. The van der Waals surface area contributed by atoms with Crippen molar-refractivity contribution in [3.05, 3.63) is 88.7 Å². The molecular weight excluding hydrogens is 497 g/mol. The van der Waals surface area contributed by atoms with Gasteiger partial charge in [0, 0.05) is 42.4 Å². The maximum absolute atomic E-state index is 15.0. The summed E-state index contributed by atoms with van der Waals surface area (Å²) in [4.78, 5) is 29.5. The van der Waals surface area contributed by atoms with Crippen LogP contribution in [0, 0.1) is 17.5 Å². The summed E-state index contributed by atoms with van der Waals surface area (Å²) in [5, 5.41) is 9.42. The average molecular weight is 525 g/mol. The molecule has 1 N–H and O–H groups in total. The lowest BCUT2D eigenvalue weighted by Gasteiger charge is -2.40. The molecule has 198 valence electrons. The molecule has 2 aliphatic rings. The fraction of sp³-hybridized carbons (Fsp3) is 0.310. The van der Waals surface area contributed by atoms with Gasteiger partial charge in [0.2, 0.25) is 0 Å². The number of hydrogen-bond acceptors (Lipinski definition) is 4. The van der Waals surface area contributed by atoms with E-state index in [4.69, 9.17) is 4.74 Å². The number of benzene rings is 3. The maximum atomic E-state index is 15.0. The molecule has 0 aliphatic carbocycles. The number of carbonyl (C=O) groups is 2. The molecule has 5 rings (SSSR count). The quantitative estimate of drug-likeness (QED) is 0.494. The molecule has 0 aromatic heterocycles. The minimum Gasteiger partial charge on any atom is -0.505 e. The van der Waals surface area contributed by atoms with Gasteiger partial charge in [-0.2, -0.15) is 0 Å². The zero-order valence-corrected chi connectivity index (χ0v) is 21.0. The van der Waals surface area contributed by atoms with Crippen LogP contribution in [0.2, 0.25) is 0 Å². The fourth-order valence-corrected chi connectivity index (χ4v) is 5.37. The van der Waals surface area contributed by atoms with Crippen molar-refractivity contribution >= 4 is 17.5 Å². The van der Waals surface area contributed by atoms with Crippen LogP contribution in [0.5, 0.6) is 11.5 Å². The van der Waals surface area contributed by atoms with Gasteiger partial charge >= 0.3 is 0 Å². The molecule has 0 bridgehead atoms. The van der Waals surface area contributed by atoms with Crippen LogP contribution in [0.25, 0.3) is 0 Å². The third kappa shape index (κ3) is 4.57. The van der Waals surface area contributed by atoms with E-state index in [2.05, 4.69) is 0 Å². The molecule has 38 heavy (non-hydrogen) atoms. The van der Waals surface area contributed by atoms with Gasteiger partial charge in [-0.05, 0) is 80.8 Å². The first-order chi connectivity index (χ1) is 18.1. The molecule has 1 spiro atoms. The highest BCUT2D eigenvalue weighted by atomic mass is 19.1. The third-order valence-electron chi connectivity index (χ3n) is 7.27. The topological polar surface area (TPSA) is 70.1 Å². The molecule has 1 saturated heterocycles. The lowest BCUT2D eigenvalue weighted by atomic mass is 9.74. The smallest absolute Gasteiger partial charge is 0.261 e. The number of aromatic hydroxyl groups is 1. The third-order valence-corrected chi connectivity index (χ3v) is 7.27. The first kappa shape index (κ1) is 25.6. The van der Waals surface area contributed by atoms with E-state index in [-0.39, 0.29) is 29.7 Å². The molecule has 3 aromatic carbocycles. The Morgan fingerprint density at radius 3 is 2.32 bits per heavy atom. The van der Waals surface area contributed by atoms with Gasteiger partial charge in [-0.25, -0.2) is 13.2 Å². The Bertz CT molecular complexity index is 1420. The van der Waals surface area contributed by atoms with Crippen LogP contribution in [0.3, 0.4) is 0 Å². The highest BCUT2D eigenvalue weighted by Gasteiger charge is 2.47. The van der Waals surface area contributed by atoms with Crippen molar-refractivity contribution in [2.45, 2.75) is 38.2 Å². The van der Waals surface area contributed by atoms with Crippen molar-refractivity contribution in [3.8, 4) is 11.5 Å². The molecular formula is C29H27F3N2O4. The lowest BCUT2D eigenvalue weighted by Crippen LogP contribution is -2.48. The number of hydrogen-bond donors (Lipinski definition) is 1. The zero-order valence-electron chi connectivity index (χ0n) is 21.0. The van der Waals surface area contributed by atoms with E-state index >= 15 is 0 Å². The van der Waals surface area contributed by atoms with Gasteiger partial charge in [-0.1, -0.05) is 0 Å². The van der Waals surface area contributed by atoms with E-state index in [1.165, 1.54) is 41.3 Å². The average Bonchev–Trinajstić information content (AvgIpc) is 3.18. The van der Waals surface area contributed by atoms with Gasteiger partial charge in [0.25, 0.3) is 11.8 Å². The largest absolute Gasteiger partial charge is 0.505 e. The number of likely N-dealkylation sites (tertiary alicyclic amines) is 1. The first-order valence-corrected chi connectivity index (χ1v) is 12.4. The van der Waals surface area contributed by atoms with Crippen molar-refractivity contribution in [3.63, 3.8) is 0 Å². The Hall–Kier alpha value is -4.01. The van der Waals surface area contributed by atoms with Crippen LogP contribution in [0.4, 0.5) is 18.9 Å². The molecule has 1 fully saturated rings. The van der Waals surface area contributed by atoms with Crippen molar-refractivity contribution < 1.29 is 32.6 Å². The van der Waals surface area contributed by atoms with E-state index in [0.717, 1.165) is 12.1 Å². The Morgan fingerprint density at radius 2 is 1.66 bits per heavy atom. The molecule has 2 heterocycles. The first-order valence-electron chi connectivity index (χ1n) is 12.4. The van der Waals surface area contributed by atoms with Crippen LogP contribution in [-0.2, 0) is 5.41 Å². The number of phenols is 1. The summed E-state index contributed by atoms with van der Waals surface area (Å²) in [6.45, 7) is 4.45. The number of phenolic OH excluding ortho intramolecular Hbond substituents is 1. The Morgan fingerprint density at radius 1 is 0.921 bits per heavy atom. The molecule has 0 unspecified atom stereocenters. The highest BCUT2D eigenvalue weighted by molar-refractivity contribution is 6.08. The monoisotopic (exact) mass is 524 g/mol. The maximum Gasteiger partial charge on any atom is 0.261 e. The van der Waals surface area contributed by atoms with Gasteiger partial charge in [-0.15, -0.1) is 0 Å². The summed E-state index contributed by atoms with van der Waals surface area (Å²) in [5.74, 6) is -3.17. The van der Waals surface area contributed by atoms with E-state index in [1.807, 2.05) is 13.8 Å². The molecule has 3 aromatic rings. The Balaban J connectivity index is 1.39. The van der Waals surface area contributed by atoms with Gasteiger partial charge in [0.15, 0.2) is 11.6 Å². The molecule has 6 nitrogen and oxygen atoms in total. The number of carbonyl (C=O) groups excluding carboxylic acids is 2. The second kappa shape index (κ2) is 9.70. The predicted molar refractivity (Wildman–Crippen MR) is 135 cm³/mol. The molecule has 0 saturated carbocycles. The Kier molecular flexibility index (Phi) is 6.54. The fourth-order valence-electron chi connectivity index (χ4n) is 5.37. The van der Waals surface area contributed by atoms with Gasteiger partial charge in [-0.3, -0.25) is 9.59 Å². The number of rotatable bonds is 4. The minimum atomic E-state index is -0.880. The minimum absolute atomic E-state index is 0.115. The predicted octanol–water partition coefficient (Wildman–Crippen LogP) is 5.43. The van der Waals surface area contributed by atoms with Crippen molar-refractivity contribution in [1.82, 2.24) is 4.90 Å². The lowest BCUT2D eigenvalue weighted by molar-refractivity contribution is 0.0670. The van der Waals surface area contributed by atoms with Crippen LogP contribution in [0.15, 0.2) is 54.6 Å². The summed E-state index contributed by atoms with van der Waals surface area (Å²) in [6.07, 6.45) is 0.716. The van der Waals surface area contributed by atoms with Crippen LogP contribution < -0.4 is 9.64 Å². The molecule has 2 aliphatic heterocycles. The summed E-state index contributed by atoms with van der Waals surface area (Å²) < 4.78 is 48.6. The number of anilines is 1. The molecule has 0 atom stereocenters. The number of halogens is 3. The second-order valence-corrected chi connectivity index (χ2v) is 10.1. The molecule has 2 amide bonds. The standard InChI is InChI=1S/C29H27F3N2O4/c1-17(2)38-20-5-6-21(23(31)15-20)28(37)34-16-29(22-14-19(30)4-7-25(22)34)9-11-33(12-10-29)27(36)18-3-8-26(35)24(32)13-18/h3-8,13-15,17,35H,9-12,16H2,1-2H3. The van der Waals surface area contributed by atoms with Crippen LogP contribution in [0.1, 0.15) is 53.0 Å². The number of nitrogens with zero attached hydrogens (tertiary/aromatic N) is 2. The molecule has 0 radical (unpaired) electrons. The number of amides is 2. The number of ether oxygens (including phenoxy) is 1. The van der Waals surface area contributed by atoms with Crippen LogP contribution in [-0.4, -0.2) is 47.6 Å². The Labute approximate surface area is 218 Å². The number of piperidine rings is 1. The normalized spacial score (nSPS) is 16.2. The van der Waals surface area contributed by atoms with E-state index in [1.54, 1.807) is 11.0 Å². The van der Waals surface area contributed by atoms with Gasteiger partial charge in [0.1, 0.15) is 17.4 Å². The highest BCUT2D eigenvalue weighted by Crippen LogP contribution is 2.48. The van der Waals surface area contributed by atoms with Crippen molar-refractivity contribution in [2.24, 2.45) is 0 Å². The SMILES string of the molecule is CC(C)Oc1ccc(C(=O)N2CC3(CCN(C(=O)c4ccc(O)c(F)c4)CC3)c3cc(F)ccc32)c(F)c1. The van der Waals surface area contributed by atoms with Crippen molar-refractivity contribution in [2.75, 3.05) is 24.5 Å². The van der Waals surface area contributed by atoms with Gasteiger partial charge in [0.05, 0.1) is 11.7 Å². The van der Waals surface area contributed by atoms with Crippen LogP contribution >= 0.6 is 0 Å². The summed E-state index contributed by atoms with van der Waals surface area (Å²) in [5.41, 5.74) is 0.538.